The first-order valence-electron chi connectivity index (χ1n) is 5.77. The van der Waals surface area contributed by atoms with Crippen LogP contribution in [0.1, 0.15) is 5.56 Å². The van der Waals surface area contributed by atoms with Crippen LogP contribution in [0.4, 0.5) is 14.7 Å². The van der Waals surface area contributed by atoms with E-state index in [1.54, 1.807) is 6.07 Å². The number of anilines is 1. The van der Waals surface area contributed by atoms with E-state index < -0.39 is 11.6 Å². The summed E-state index contributed by atoms with van der Waals surface area (Å²) in [7, 11) is 0. The number of hydrogen-bond acceptors (Lipinski definition) is 2. The highest BCUT2D eigenvalue weighted by Gasteiger charge is 2.15. The lowest BCUT2D eigenvalue weighted by molar-refractivity contribution is 0.579. The minimum atomic E-state index is -0.672. The molecule has 0 aliphatic carbocycles. The molecule has 2 N–H and O–H groups in total. The summed E-state index contributed by atoms with van der Waals surface area (Å²) >= 11 is 0. The Morgan fingerprint density at radius 1 is 1.16 bits per heavy atom. The third kappa shape index (κ3) is 1.74. The number of hydrogen-bond donors (Lipinski definition) is 1. The fraction of sp³-hybridized carbons (Fsp3) is 0.0714. The number of halogens is 2. The van der Waals surface area contributed by atoms with Crippen LogP contribution < -0.4 is 5.73 Å². The number of imidazole rings is 1. The molecule has 96 valence electrons. The smallest absolute Gasteiger partial charge is 0.206 e. The van der Waals surface area contributed by atoms with E-state index in [9.17, 15) is 8.78 Å². The molecule has 0 saturated heterocycles. The third-order valence-corrected chi connectivity index (χ3v) is 3.05. The molecule has 0 fully saturated rings. The Balaban J connectivity index is 2.39. The second-order valence-electron chi connectivity index (χ2n) is 4.34. The summed E-state index contributed by atoms with van der Waals surface area (Å²) in [5, 5.41) is 0. The molecule has 1 heterocycles. The summed E-state index contributed by atoms with van der Waals surface area (Å²) in [6.45, 7) is 1.89. The molecule has 2 aromatic carbocycles. The van der Waals surface area contributed by atoms with Gasteiger partial charge in [0.2, 0.25) is 5.95 Å². The molecule has 0 bridgehead atoms. The van der Waals surface area contributed by atoms with Crippen LogP contribution in [0, 0.1) is 18.6 Å². The van der Waals surface area contributed by atoms with E-state index in [0.717, 1.165) is 17.1 Å². The molecule has 0 aliphatic rings. The quantitative estimate of drug-likeness (QED) is 0.729. The lowest BCUT2D eigenvalue weighted by Gasteiger charge is -2.09. The maximum Gasteiger partial charge on any atom is 0.206 e. The average molecular weight is 259 g/mol. The van der Waals surface area contributed by atoms with Gasteiger partial charge < -0.3 is 5.73 Å². The first-order valence-corrected chi connectivity index (χ1v) is 5.77. The molecule has 0 aliphatic heterocycles. The SMILES string of the molecule is Cc1cccc2nc(N)n(-c3ccc(F)cc3F)c12. The Labute approximate surface area is 108 Å². The first kappa shape index (κ1) is 11.6. The van der Waals surface area contributed by atoms with Crippen LogP contribution in [0.5, 0.6) is 0 Å². The van der Waals surface area contributed by atoms with Gasteiger partial charge in [-0.25, -0.2) is 13.8 Å². The summed E-state index contributed by atoms with van der Waals surface area (Å²) in [5.41, 5.74) is 8.37. The number of rotatable bonds is 1. The molecule has 0 amide bonds. The van der Waals surface area contributed by atoms with Gasteiger partial charge in [0.25, 0.3) is 0 Å². The van der Waals surface area contributed by atoms with Gasteiger partial charge in [0.15, 0.2) is 0 Å². The van der Waals surface area contributed by atoms with Gasteiger partial charge in [0.05, 0.1) is 16.7 Å². The molecule has 0 atom stereocenters. The normalized spacial score (nSPS) is 11.1. The van der Waals surface area contributed by atoms with E-state index in [1.807, 2.05) is 19.1 Å². The molecule has 3 nitrogen and oxygen atoms in total. The van der Waals surface area contributed by atoms with Crippen LogP contribution in [0.3, 0.4) is 0 Å². The molecule has 0 unspecified atom stereocenters. The number of nitrogens with two attached hydrogens (primary N) is 1. The second kappa shape index (κ2) is 4.05. The highest BCUT2D eigenvalue weighted by atomic mass is 19.1. The van der Waals surface area contributed by atoms with Crippen LogP contribution in [-0.2, 0) is 0 Å². The number of nitrogens with zero attached hydrogens (tertiary/aromatic N) is 2. The van der Waals surface area contributed by atoms with Gasteiger partial charge in [-0.05, 0) is 30.7 Å². The summed E-state index contributed by atoms with van der Waals surface area (Å²) in [6.07, 6.45) is 0. The van der Waals surface area contributed by atoms with Crippen molar-refractivity contribution in [2.75, 3.05) is 5.73 Å². The van der Waals surface area contributed by atoms with Crippen LogP contribution in [0.25, 0.3) is 16.7 Å². The van der Waals surface area contributed by atoms with Gasteiger partial charge in [-0.2, -0.15) is 0 Å². The average Bonchev–Trinajstić information content (AvgIpc) is 2.67. The van der Waals surface area contributed by atoms with E-state index >= 15 is 0 Å². The maximum absolute atomic E-state index is 13.9. The molecule has 5 heteroatoms. The van der Waals surface area contributed by atoms with Crippen molar-refractivity contribution < 1.29 is 8.78 Å². The van der Waals surface area contributed by atoms with Gasteiger partial charge in [0.1, 0.15) is 11.6 Å². The molecule has 0 radical (unpaired) electrons. The minimum absolute atomic E-state index is 0.176. The standard InChI is InChI=1S/C14H11F2N3/c1-8-3-2-4-11-13(8)19(14(17)18-11)12-6-5-9(15)7-10(12)16/h2-7H,1H3,(H2,17,18). The third-order valence-electron chi connectivity index (χ3n) is 3.05. The zero-order valence-electron chi connectivity index (χ0n) is 10.2. The van der Waals surface area contributed by atoms with Crippen molar-refractivity contribution in [1.29, 1.82) is 0 Å². The fourth-order valence-corrected chi connectivity index (χ4v) is 2.22. The van der Waals surface area contributed by atoms with E-state index in [1.165, 1.54) is 16.7 Å². The largest absolute Gasteiger partial charge is 0.369 e. The molecule has 3 rings (SSSR count). The van der Waals surface area contributed by atoms with Crippen molar-refractivity contribution in [2.24, 2.45) is 0 Å². The van der Waals surface area contributed by atoms with Gasteiger partial charge in [-0.1, -0.05) is 12.1 Å². The Bertz CT molecular complexity index is 778. The van der Waals surface area contributed by atoms with Crippen LogP contribution >= 0.6 is 0 Å². The van der Waals surface area contributed by atoms with Gasteiger partial charge >= 0.3 is 0 Å². The van der Waals surface area contributed by atoms with Crippen molar-refractivity contribution in [2.45, 2.75) is 6.92 Å². The molecular weight excluding hydrogens is 248 g/mol. The summed E-state index contributed by atoms with van der Waals surface area (Å²) in [5.74, 6) is -1.12. The van der Waals surface area contributed by atoms with Crippen molar-refractivity contribution in [1.82, 2.24) is 9.55 Å². The van der Waals surface area contributed by atoms with Gasteiger partial charge in [-0.15, -0.1) is 0 Å². The zero-order chi connectivity index (χ0) is 13.6. The van der Waals surface area contributed by atoms with Crippen molar-refractivity contribution in [3.05, 3.63) is 53.6 Å². The molecule has 0 spiro atoms. The summed E-state index contributed by atoms with van der Waals surface area (Å²) < 4.78 is 28.4. The van der Waals surface area contributed by atoms with Gasteiger partial charge in [-0.3, -0.25) is 4.57 Å². The van der Waals surface area contributed by atoms with E-state index in [4.69, 9.17) is 5.73 Å². The molecule has 19 heavy (non-hydrogen) atoms. The second-order valence-corrected chi connectivity index (χ2v) is 4.34. The Hall–Kier alpha value is -2.43. The van der Waals surface area contributed by atoms with E-state index in [2.05, 4.69) is 4.98 Å². The Kier molecular flexibility index (Phi) is 2.48. The van der Waals surface area contributed by atoms with Crippen molar-refractivity contribution in [3.8, 4) is 5.69 Å². The number of benzene rings is 2. The lowest BCUT2D eigenvalue weighted by Crippen LogP contribution is -2.04. The number of aryl methyl sites for hydroxylation is 1. The zero-order valence-corrected chi connectivity index (χ0v) is 10.2. The fourth-order valence-electron chi connectivity index (χ4n) is 2.22. The number of fused-ring (bicyclic) bond motifs is 1. The van der Waals surface area contributed by atoms with Crippen molar-refractivity contribution >= 4 is 17.0 Å². The van der Waals surface area contributed by atoms with Gasteiger partial charge in [0, 0.05) is 6.07 Å². The predicted molar refractivity (Wildman–Crippen MR) is 70.1 cm³/mol. The number of aromatic nitrogens is 2. The van der Waals surface area contributed by atoms with Crippen LogP contribution in [0.2, 0.25) is 0 Å². The molecule has 3 aromatic rings. The Morgan fingerprint density at radius 3 is 2.68 bits per heavy atom. The summed E-state index contributed by atoms with van der Waals surface area (Å²) in [4.78, 5) is 4.19. The summed E-state index contributed by atoms with van der Waals surface area (Å²) in [6, 6.07) is 8.93. The molecule has 1 aromatic heterocycles. The number of nitrogen functional groups attached to an aromatic ring is 1. The topological polar surface area (TPSA) is 43.8 Å². The first-order chi connectivity index (χ1) is 9.08. The van der Waals surface area contributed by atoms with Crippen LogP contribution in [-0.4, -0.2) is 9.55 Å². The van der Waals surface area contributed by atoms with E-state index in [-0.39, 0.29) is 11.6 Å². The maximum atomic E-state index is 13.9. The predicted octanol–water partition coefficient (Wildman–Crippen LogP) is 3.19. The van der Waals surface area contributed by atoms with Crippen molar-refractivity contribution in [3.63, 3.8) is 0 Å². The lowest BCUT2D eigenvalue weighted by atomic mass is 10.2. The van der Waals surface area contributed by atoms with Crippen LogP contribution in [0.15, 0.2) is 36.4 Å². The van der Waals surface area contributed by atoms with E-state index in [0.29, 0.717) is 5.52 Å². The highest BCUT2D eigenvalue weighted by Crippen LogP contribution is 2.27. The minimum Gasteiger partial charge on any atom is -0.369 e. The highest BCUT2D eigenvalue weighted by molar-refractivity contribution is 5.83. The Morgan fingerprint density at radius 2 is 1.95 bits per heavy atom. The molecular formula is C14H11F2N3. The molecule has 0 saturated carbocycles. The monoisotopic (exact) mass is 259 g/mol. The number of para-hydroxylation sites is 1.